The zero-order chi connectivity index (χ0) is 17.7. The third-order valence-electron chi connectivity index (χ3n) is 3.30. The van der Waals surface area contributed by atoms with Crippen molar-refractivity contribution in [1.29, 1.82) is 0 Å². The number of hydrogen-bond donors (Lipinski definition) is 2. The van der Waals surface area contributed by atoms with E-state index in [4.69, 9.17) is 4.74 Å². The lowest BCUT2D eigenvalue weighted by Crippen LogP contribution is -2.24. The molecule has 2 rings (SSSR count). The molecule has 0 saturated heterocycles. The summed E-state index contributed by atoms with van der Waals surface area (Å²) in [5.41, 5.74) is 1.44. The first kappa shape index (κ1) is 17.9. The molecule has 8 heteroatoms. The molecule has 1 heterocycles. The Morgan fingerprint density at radius 1 is 1.25 bits per heavy atom. The van der Waals surface area contributed by atoms with E-state index in [1.165, 1.54) is 25.4 Å². The Labute approximate surface area is 141 Å². The van der Waals surface area contributed by atoms with Gasteiger partial charge >= 0.3 is 0 Å². The molecular formula is C16H19N3O4S. The summed E-state index contributed by atoms with van der Waals surface area (Å²) in [7, 11) is -2.12. The van der Waals surface area contributed by atoms with Crippen LogP contribution in [0, 0.1) is 6.92 Å². The third-order valence-corrected chi connectivity index (χ3v) is 4.84. The number of ether oxygens (including phenoxy) is 1. The molecule has 0 fully saturated rings. The van der Waals surface area contributed by atoms with Crippen molar-refractivity contribution in [3.63, 3.8) is 0 Å². The quantitative estimate of drug-likeness (QED) is 0.831. The number of hydrogen-bond acceptors (Lipinski definition) is 5. The first-order valence-corrected chi connectivity index (χ1v) is 8.77. The molecule has 0 aliphatic rings. The number of sulfonamides is 1. The van der Waals surface area contributed by atoms with Gasteiger partial charge in [0.15, 0.2) is 0 Å². The van der Waals surface area contributed by atoms with Crippen LogP contribution in [0.25, 0.3) is 0 Å². The molecule has 0 aliphatic heterocycles. The summed E-state index contributed by atoms with van der Waals surface area (Å²) >= 11 is 0. The highest BCUT2D eigenvalue weighted by Gasteiger charge is 2.17. The van der Waals surface area contributed by atoms with Crippen molar-refractivity contribution in [2.75, 3.05) is 19.0 Å². The lowest BCUT2D eigenvalue weighted by molar-refractivity contribution is 0.102. The highest BCUT2D eigenvalue weighted by molar-refractivity contribution is 7.89. The van der Waals surface area contributed by atoms with Crippen LogP contribution in [0.1, 0.15) is 22.8 Å². The molecule has 2 aromatic rings. The van der Waals surface area contributed by atoms with Crippen LogP contribution < -0.4 is 14.8 Å². The van der Waals surface area contributed by atoms with Gasteiger partial charge in [0.05, 0.1) is 23.9 Å². The summed E-state index contributed by atoms with van der Waals surface area (Å²) < 4.78 is 31.5. The van der Waals surface area contributed by atoms with Crippen LogP contribution in [0.5, 0.6) is 5.88 Å². The smallest absolute Gasteiger partial charge is 0.256 e. The van der Waals surface area contributed by atoms with Crippen LogP contribution >= 0.6 is 0 Å². The minimum absolute atomic E-state index is 0.0490. The van der Waals surface area contributed by atoms with Crippen molar-refractivity contribution < 1.29 is 17.9 Å². The Bertz CT molecular complexity index is 833. The molecule has 7 nitrogen and oxygen atoms in total. The number of aryl methyl sites for hydroxylation is 1. The van der Waals surface area contributed by atoms with E-state index < -0.39 is 15.9 Å². The van der Waals surface area contributed by atoms with E-state index in [-0.39, 0.29) is 17.0 Å². The molecule has 0 bridgehead atoms. The van der Waals surface area contributed by atoms with Crippen LogP contribution in [-0.4, -0.2) is 33.0 Å². The van der Waals surface area contributed by atoms with Gasteiger partial charge in [0.2, 0.25) is 15.9 Å². The number of benzene rings is 1. The number of anilines is 1. The lowest BCUT2D eigenvalue weighted by atomic mass is 10.1. The summed E-state index contributed by atoms with van der Waals surface area (Å²) in [5.74, 6) is 0.0240. The molecule has 0 saturated carbocycles. The molecule has 24 heavy (non-hydrogen) atoms. The van der Waals surface area contributed by atoms with Gasteiger partial charge in [-0.3, -0.25) is 4.79 Å². The number of amides is 1. The van der Waals surface area contributed by atoms with Gasteiger partial charge in [-0.1, -0.05) is 13.0 Å². The van der Waals surface area contributed by atoms with E-state index in [1.54, 1.807) is 32.0 Å². The Morgan fingerprint density at radius 3 is 2.58 bits per heavy atom. The minimum atomic E-state index is -3.62. The van der Waals surface area contributed by atoms with Crippen molar-refractivity contribution in [3.8, 4) is 5.88 Å². The van der Waals surface area contributed by atoms with Gasteiger partial charge in [0.1, 0.15) is 0 Å². The van der Waals surface area contributed by atoms with E-state index >= 15 is 0 Å². The maximum atomic E-state index is 12.4. The highest BCUT2D eigenvalue weighted by Crippen LogP contribution is 2.18. The molecule has 0 radical (unpaired) electrons. The average Bonchev–Trinajstić information content (AvgIpc) is 2.55. The number of carbonyl (C=O) groups is 1. The normalized spacial score (nSPS) is 11.1. The zero-order valence-electron chi connectivity index (χ0n) is 13.7. The SMILES string of the molecule is CCNS(=O)(=O)c1ccc(C)c(C(=O)Nc2ccc(OC)nc2)c1. The van der Waals surface area contributed by atoms with E-state index in [9.17, 15) is 13.2 Å². The summed E-state index contributed by atoms with van der Waals surface area (Å²) in [4.78, 5) is 16.5. The van der Waals surface area contributed by atoms with Gasteiger partial charge in [-0.05, 0) is 30.7 Å². The number of nitrogens with zero attached hydrogens (tertiary/aromatic N) is 1. The van der Waals surface area contributed by atoms with Crippen molar-refractivity contribution >= 4 is 21.6 Å². The molecule has 2 N–H and O–H groups in total. The number of methoxy groups -OCH3 is 1. The average molecular weight is 349 g/mol. The van der Waals surface area contributed by atoms with Gasteiger partial charge in [0.25, 0.3) is 5.91 Å². The monoisotopic (exact) mass is 349 g/mol. The molecule has 1 aromatic carbocycles. The fourth-order valence-electron chi connectivity index (χ4n) is 2.06. The topological polar surface area (TPSA) is 97.4 Å². The zero-order valence-corrected chi connectivity index (χ0v) is 14.5. The first-order valence-electron chi connectivity index (χ1n) is 7.29. The number of rotatable bonds is 6. The number of carbonyl (C=O) groups excluding carboxylic acids is 1. The maximum absolute atomic E-state index is 12.4. The molecule has 0 aliphatic carbocycles. The van der Waals surface area contributed by atoms with Crippen LogP contribution in [-0.2, 0) is 10.0 Å². The summed E-state index contributed by atoms with van der Waals surface area (Å²) in [5, 5.41) is 2.69. The Kier molecular flexibility index (Phi) is 5.53. The largest absolute Gasteiger partial charge is 0.481 e. The summed E-state index contributed by atoms with van der Waals surface area (Å²) in [6, 6.07) is 7.71. The maximum Gasteiger partial charge on any atom is 0.256 e. The second-order valence-corrected chi connectivity index (χ2v) is 6.79. The van der Waals surface area contributed by atoms with Gasteiger partial charge in [-0.25, -0.2) is 18.1 Å². The third kappa shape index (κ3) is 4.09. The Hall–Kier alpha value is -2.45. The summed E-state index contributed by atoms with van der Waals surface area (Å²) in [6.07, 6.45) is 1.46. The van der Waals surface area contributed by atoms with E-state index in [2.05, 4.69) is 15.0 Å². The second kappa shape index (κ2) is 7.41. The molecule has 1 amide bonds. The van der Waals surface area contributed by atoms with Gasteiger partial charge in [-0.2, -0.15) is 0 Å². The van der Waals surface area contributed by atoms with E-state index in [1.807, 2.05) is 0 Å². The highest BCUT2D eigenvalue weighted by atomic mass is 32.2. The van der Waals surface area contributed by atoms with Crippen LogP contribution in [0.15, 0.2) is 41.4 Å². The van der Waals surface area contributed by atoms with Crippen molar-refractivity contribution in [1.82, 2.24) is 9.71 Å². The fourth-order valence-corrected chi connectivity index (χ4v) is 3.13. The number of aromatic nitrogens is 1. The number of nitrogens with one attached hydrogen (secondary N) is 2. The fraction of sp³-hybridized carbons (Fsp3) is 0.250. The van der Waals surface area contributed by atoms with Gasteiger partial charge in [0, 0.05) is 18.2 Å². The Morgan fingerprint density at radius 2 is 2.00 bits per heavy atom. The lowest BCUT2D eigenvalue weighted by Gasteiger charge is -2.11. The van der Waals surface area contributed by atoms with E-state index in [0.717, 1.165) is 0 Å². The molecule has 128 valence electrons. The first-order chi connectivity index (χ1) is 11.4. The van der Waals surface area contributed by atoms with Crippen LogP contribution in [0.2, 0.25) is 0 Å². The second-order valence-electron chi connectivity index (χ2n) is 5.02. The van der Waals surface area contributed by atoms with Gasteiger partial charge < -0.3 is 10.1 Å². The molecule has 0 spiro atoms. The standard InChI is InChI=1S/C16H19N3O4S/c1-4-18-24(21,22)13-7-5-11(2)14(9-13)16(20)19-12-6-8-15(23-3)17-10-12/h5-10,18H,4H2,1-3H3,(H,19,20). The summed E-state index contributed by atoms with van der Waals surface area (Å²) in [6.45, 7) is 3.70. The predicted octanol–water partition coefficient (Wildman–Crippen LogP) is 1.95. The minimum Gasteiger partial charge on any atom is -0.481 e. The number of pyridine rings is 1. The predicted molar refractivity (Wildman–Crippen MR) is 90.8 cm³/mol. The van der Waals surface area contributed by atoms with Crippen LogP contribution in [0.3, 0.4) is 0 Å². The van der Waals surface area contributed by atoms with Gasteiger partial charge in [-0.15, -0.1) is 0 Å². The molecule has 1 aromatic heterocycles. The van der Waals surface area contributed by atoms with Crippen LogP contribution in [0.4, 0.5) is 5.69 Å². The van der Waals surface area contributed by atoms with Crippen molar-refractivity contribution in [2.24, 2.45) is 0 Å². The van der Waals surface area contributed by atoms with Crippen molar-refractivity contribution in [3.05, 3.63) is 47.7 Å². The molecule has 0 atom stereocenters. The molecule has 0 unspecified atom stereocenters. The van der Waals surface area contributed by atoms with E-state index in [0.29, 0.717) is 17.1 Å². The molecular weight excluding hydrogens is 330 g/mol. The van der Waals surface area contributed by atoms with Crippen molar-refractivity contribution in [2.45, 2.75) is 18.7 Å². The Balaban J connectivity index is 2.28.